The predicted molar refractivity (Wildman–Crippen MR) is 74.5 cm³/mol. The molecule has 4 nitrogen and oxygen atoms in total. The lowest BCUT2D eigenvalue weighted by atomic mass is 9.74. The Labute approximate surface area is 113 Å². The van der Waals surface area contributed by atoms with Gasteiger partial charge in [0.05, 0.1) is 12.2 Å². The van der Waals surface area contributed by atoms with Gasteiger partial charge in [0.2, 0.25) is 0 Å². The van der Waals surface area contributed by atoms with Crippen molar-refractivity contribution in [3.05, 3.63) is 29.8 Å². The van der Waals surface area contributed by atoms with Crippen LogP contribution in [0.5, 0.6) is 0 Å². The Morgan fingerprint density at radius 1 is 1.21 bits per heavy atom. The van der Waals surface area contributed by atoms with Crippen LogP contribution in [0.15, 0.2) is 24.3 Å². The maximum atomic E-state index is 11.1. The van der Waals surface area contributed by atoms with Crippen LogP contribution in [0, 0.1) is 5.41 Å². The zero-order valence-electron chi connectivity index (χ0n) is 11.1. The van der Waals surface area contributed by atoms with E-state index in [2.05, 4.69) is 5.32 Å². The molecule has 0 unspecified atom stereocenters. The molecule has 0 bridgehead atoms. The van der Waals surface area contributed by atoms with Gasteiger partial charge in [0.1, 0.15) is 0 Å². The summed E-state index contributed by atoms with van der Waals surface area (Å²) in [6, 6.07) is 6.91. The molecule has 1 fully saturated rings. The van der Waals surface area contributed by atoms with Crippen LogP contribution in [-0.4, -0.2) is 29.3 Å². The SMILES string of the molecule is O=C(O)c1ccccc1NCC1(CO)CCCCC1. The molecule has 0 saturated heterocycles. The normalized spacial score (nSPS) is 17.9. The number of aliphatic hydroxyl groups is 1. The van der Waals surface area contributed by atoms with Crippen LogP contribution in [0.25, 0.3) is 0 Å². The molecule has 1 saturated carbocycles. The first-order chi connectivity index (χ1) is 9.17. The number of aromatic carboxylic acids is 1. The summed E-state index contributed by atoms with van der Waals surface area (Å²) in [4.78, 5) is 11.1. The Balaban J connectivity index is 2.07. The predicted octanol–water partition coefficient (Wildman–Crippen LogP) is 2.74. The Bertz CT molecular complexity index is 439. The summed E-state index contributed by atoms with van der Waals surface area (Å²) < 4.78 is 0. The second-order valence-corrected chi connectivity index (χ2v) is 5.42. The van der Waals surface area contributed by atoms with Gasteiger partial charge in [0.15, 0.2) is 0 Å². The van der Waals surface area contributed by atoms with E-state index in [1.54, 1.807) is 18.2 Å². The van der Waals surface area contributed by atoms with Crippen molar-refractivity contribution in [2.24, 2.45) is 5.41 Å². The molecule has 104 valence electrons. The van der Waals surface area contributed by atoms with Crippen molar-refractivity contribution < 1.29 is 15.0 Å². The van der Waals surface area contributed by atoms with E-state index in [1.807, 2.05) is 6.07 Å². The summed E-state index contributed by atoms with van der Waals surface area (Å²) in [7, 11) is 0. The molecular formula is C15H21NO3. The molecule has 0 atom stereocenters. The Morgan fingerprint density at radius 2 is 1.89 bits per heavy atom. The number of para-hydroxylation sites is 1. The summed E-state index contributed by atoms with van der Waals surface area (Å²) in [6.45, 7) is 0.795. The van der Waals surface area contributed by atoms with E-state index >= 15 is 0 Å². The number of carboxylic acids is 1. The number of aliphatic hydroxyl groups excluding tert-OH is 1. The fourth-order valence-corrected chi connectivity index (χ4v) is 2.80. The van der Waals surface area contributed by atoms with Gasteiger partial charge in [-0.1, -0.05) is 31.4 Å². The molecule has 0 aliphatic heterocycles. The Kier molecular flexibility index (Phi) is 4.43. The molecule has 0 spiro atoms. The van der Waals surface area contributed by atoms with E-state index in [0.717, 1.165) is 25.7 Å². The van der Waals surface area contributed by atoms with Gasteiger partial charge in [0.25, 0.3) is 0 Å². The van der Waals surface area contributed by atoms with Crippen LogP contribution in [-0.2, 0) is 0 Å². The van der Waals surface area contributed by atoms with Gasteiger partial charge in [-0.2, -0.15) is 0 Å². The third-order valence-corrected chi connectivity index (χ3v) is 4.06. The molecule has 19 heavy (non-hydrogen) atoms. The van der Waals surface area contributed by atoms with Crippen molar-refractivity contribution in [2.75, 3.05) is 18.5 Å². The van der Waals surface area contributed by atoms with Crippen molar-refractivity contribution in [2.45, 2.75) is 32.1 Å². The fraction of sp³-hybridized carbons (Fsp3) is 0.533. The van der Waals surface area contributed by atoms with Crippen molar-refractivity contribution >= 4 is 11.7 Å². The van der Waals surface area contributed by atoms with Crippen LogP contribution in [0.3, 0.4) is 0 Å². The van der Waals surface area contributed by atoms with Crippen molar-refractivity contribution in [3.8, 4) is 0 Å². The smallest absolute Gasteiger partial charge is 0.337 e. The van der Waals surface area contributed by atoms with E-state index in [4.69, 9.17) is 5.11 Å². The summed E-state index contributed by atoms with van der Waals surface area (Å²) in [5.74, 6) is -0.926. The molecule has 2 rings (SSSR count). The van der Waals surface area contributed by atoms with Gasteiger partial charge in [-0.3, -0.25) is 0 Å². The molecule has 1 aliphatic carbocycles. The third kappa shape index (κ3) is 3.26. The van der Waals surface area contributed by atoms with Crippen molar-refractivity contribution in [1.82, 2.24) is 0 Å². The van der Waals surface area contributed by atoms with E-state index in [0.29, 0.717) is 12.2 Å². The lowest BCUT2D eigenvalue weighted by Crippen LogP contribution is -2.35. The number of anilines is 1. The second kappa shape index (κ2) is 6.06. The average molecular weight is 263 g/mol. The molecule has 0 aromatic heterocycles. The number of nitrogens with one attached hydrogen (secondary N) is 1. The highest BCUT2D eigenvalue weighted by atomic mass is 16.4. The molecule has 1 aliphatic rings. The first-order valence-corrected chi connectivity index (χ1v) is 6.84. The quantitative estimate of drug-likeness (QED) is 0.764. The molecule has 1 aromatic rings. The molecule has 0 heterocycles. The standard InChI is InChI=1S/C15H21NO3/c17-11-15(8-4-1-5-9-15)10-16-13-7-3-2-6-12(13)14(18)19/h2-3,6-7,16-17H,1,4-5,8-11H2,(H,18,19). The van der Waals surface area contributed by atoms with E-state index in [9.17, 15) is 9.90 Å². The lowest BCUT2D eigenvalue weighted by Gasteiger charge is -2.36. The maximum absolute atomic E-state index is 11.1. The first kappa shape index (κ1) is 13.9. The van der Waals surface area contributed by atoms with Gasteiger partial charge in [-0.05, 0) is 25.0 Å². The molecular weight excluding hydrogens is 242 g/mol. The molecule has 0 radical (unpaired) electrons. The minimum absolute atomic E-state index is 0.0934. The minimum atomic E-state index is -0.926. The van der Waals surface area contributed by atoms with E-state index < -0.39 is 5.97 Å². The highest BCUT2D eigenvalue weighted by Gasteiger charge is 2.31. The highest BCUT2D eigenvalue weighted by Crippen LogP contribution is 2.36. The number of carbonyl (C=O) groups is 1. The van der Waals surface area contributed by atoms with Crippen LogP contribution in [0.2, 0.25) is 0 Å². The Morgan fingerprint density at radius 3 is 2.53 bits per heavy atom. The topological polar surface area (TPSA) is 69.6 Å². The minimum Gasteiger partial charge on any atom is -0.478 e. The zero-order chi connectivity index (χ0) is 13.7. The number of hydrogen-bond donors (Lipinski definition) is 3. The van der Waals surface area contributed by atoms with Crippen molar-refractivity contribution in [1.29, 1.82) is 0 Å². The number of carboxylic acid groups (broad SMARTS) is 1. The van der Waals surface area contributed by atoms with E-state index in [1.165, 1.54) is 6.42 Å². The van der Waals surface area contributed by atoms with E-state index in [-0.39, 0.29) is 17.6 Å². The molecule has 4 heteroatoms. The van der Waals surface area contributed by atoms with Crippen LogP contribution in [0.1, 0.15) is 42.5 Å². The second-order valence-electron chi connectivity index (χ2n) is 5.42. The van der Waals surface area contributed by atoms with Gasteiger partial charge in [-0.25, -0.2) is 4.79 Å². The monoisotopic (exact) mass is 263 g/mol. The third-order valence-electron chi connectivity index (χ3n) is 4.06. The number of benzene rings is 1. The molecule has 3 N–H and O–H groups in total. The summed E-state index contributed by atoms with van der Waals surface area (Å²) in [5.41, 5.74) is 0.823. The van der Waals surface area contributed by atoms with Crippen LogP contribution in [0.4, 0.5) is 5.69 Å². The Hall–Kier alpha value is -1.55. The summed E-state index contributed by atoms with van der Waals surface area (Å²) >= 11 is 0. The largest absolute Gasteiger partial charge is 0.478 e. The van der Waals surface area contributed by atoms with Crippen LogP contribution < -0.4 is 5.32 Å². The average Bonchev–Trinajstić information content (AvgIpc) is 2.46. The van der Waals surface area contributed by atoms with Gasteiger partial charge < -0.3 is 15.5 Å². The van der Waals surface area contributed by atoms with Gasteiger partial charge >= 0.3 is 5.97 Å². The number of hydrogen-bond acceptors (Lipinski definition) is 3. The first-order valence-electron chi connectivity index (χ1n) is 6.84. The lowest BCUT2D eigenvalue weighted by molar-refractivity contribution is 0.0697. The maximum Gasteiger partial charge on any atom is 0.337 e. The van der Waals surface area contributed by atoms with Gasteiger partial charge in [-0.15, -0.1) is 0 Å². The summed E-state index contributed by atoms with van der Waals surface area (Å²) in [5, 5.41) is 22.0. The van der Waals surface area contributed by atoms with Crippen molar-refractivity contribution in [3.63, 3.8) is 0 Å². The molecule has 0 amide bonds. The fourth-order valence-electron chi connectivity index (χ4n) is 2.80. The highest BCUT2D eigenvalue weighted by molar-refractivity contribution is 5.94. The van der Waals surface area contributed by atoms with Crippen LogP contribution >= 0.6 is 0 Å². The van der Waals surface area contributed by atoms with Gasteiger partial charge in [0, 0.05) is 17.6 Å². The zero-order valence-corrected chi connectivity index (χ0v) is 11.1. The number of rotatable bonds is 5. The molecule has 1 aromatic carbocycles. The summed E-state index contributed by atoms with van der Waals surface area (Å²) in [6.07, 6.45) is 5.52.